The monoisotopic (exact) mass is 404 g/mol. The van der Waals surface area contributed by atoms with Crippen LogP contribution in [0.15, 0.2) is 47.6 Å². The molecule has 4 atom stereocenters. The molecule has 4 unspecified atom stereocenters. The zero-order chi connectivity index (χ0) is 21.7. The molecule has 0 aromatic heterocycles. The minimum atomic E-state index is -1.27. The van der Waals surface area contributed by atoms with E-state index in [2.05, 4.69) is 13.2 Å². The average Bonchev–Trinajstić information content (AvgIpc) is 2.93. The van der Waals surface area contributed by atoms with E-state index in [1.807, 2.05) is 0 Å². The van der Waals surface area contributed by atoms with Gasteiger partial charge in [-0.05, 0) is 31.4 Å². The fraction of sp³-hybridized carbons (Fsp3) is 0.429. The van der Waals surface area contributed by atoms with Gasteiger partial charge in [0.1, 0.15) is 12.4 Å². The van der Waals surface area contributed by atoms with Gasteiger partial charge in [-0.1, -0.05) is 19.2 Å². The molecule has 1 aliphatic carbocycles. The third-order valence-electron chi connectivity index (χ3n) is 4.71. The normalized spacial score (nSPS) is 27.0. The Hall–Kier alpha value is -3.00. The van der Waals surface area contributed by atoms with Gasteiger partial charge >= 0.3 is 17.9 Å². The molecule has 29 heavy (non-hydrogen) atoms. The van der Waals surface area contributed by atoms with Crippen molar-refractivity contribution in [3.8, 4) is 0 Å². The number of hydrogen-bond acceptors (Lipinski definition) is 8. The molecule has 1 fully saturated rings. The minimum Gasteiger partial charge on any atom is -0.454 e. The number of carbonyl (C=O) groups is 4. The highest BCUT2D eigenvalue weighted by molar-refractivity contribution is 5.92. The van der Waals surface area contributed by atoms with Crippen molar-refractivity contribution in [1.82, 2.24) is 0 Å². The first kappa shape index (κ1) is 22.3. The van der Waals surface area contributed by atoms with E-state index in [-0.39, 0.29) is 23.3 Å². The molecule has 0 spiro atoms. The third-order valence-corrected chi connectivity index (χ3v) is 4.71. The molecule has 0 bridgehead atoms. The predicted molar refractivity (Wildman–Crippen MR) is 101 cm³/mol. The SMILES string of the molecule is C=C(C)C(=O)OC1C(OC(C)=O)C(C=O)=CCCC(CO)=CC2OC(=O)C(=C)C21. The number of hydrogen-bond donors (Lipinski definition) is 1. The van der Waals surface area contributed by atoms with Crippen molar-refractivity contribution in [3.05, 3.63) is 47.6 Å². The van der Waals surface area contributed by atoms with Gasteiger partial charge < -0.3 is 19.3 Å². The summed E-state index contributed by atoms with van der Waals surface area (Å²) in [6.45, 7) is 9.59. The number of ether oxygens (including phenoxy) is 3. The van der Waals surface area contributed by atoms with Gasteiger partial charge in [-0.2, -0.15) is 0 Å². The molecule has 1 saturated heterocycles. The first-order valence-corrected chi connectivity index (χ1v) is 9.08. The lowest BCUT2D eigenvalue weighted by Crippen LogP contribution is -2.45. The van der Waals surface area contributed by atoms with Gasteiger partial charge in [0.05, 0.1) is 12.5 Å². The Morgan fingerprint density at radius 1 is 1.34 bits per heavy atom. The third kappa shape index (κ3) is 5.08. The molecule has 0 aromatic carbocycles. The Balaban J connectivity index is 2.65. The van der Waals surface area contributed by atoms with Gasteiger partial charge in [0.25, 0.3) is 0 Å². The summed E-state index contributed by atoms with van der Waals surface area (Å²) in [5.41, 5.74) is 0.745. The minimum absolute atomic E-state index is 0.00558. The number of esters is 3. The summed E-state index contributed by atoms with van der Waals surface area (Å²) in [6, 6.07) is 0. The molecule has 156 valence electrons. The Morgan fingerprint density at radius 3 is 2.59 bits per heavy atom. The maximum Gasteiger partial charge on any atom is 0.334 e. The molecule has 0 aromatic rings. The highest BCUT2D eigenvalue weighted by Gasteiger charge is 2.49. The number of carbonyl (C=O) groups excluding carboxylic acids is 4. The van der Waals surface area contributed by atoms with Crippen molar-refractivity contribution < 1.29 is 38.5 Å². The summed E-state index contributed by atoms with van der Waals surface area (Å²) in [7, 11) is 0. The molecule has 8 nitrogen and oxygen atoms in total. The van der Waals surface area contributed by atoms with E-state index in [9.17, 15) is 24.3 Å². The number of aldehydes is 1. The van der Waals surface area contributed by atoms with Crippen LogP contribution in [0.25, 0.3) is 0 Å². The van der Waals surface area contributed by atoms with Crippen molar-refractivity contribution in [3.63, 3.8) is 0 Å². The summed E-state index contributed by atoms with van der Waals surface area (Å²) in [6.07, 6.45) is 0.932. The second kappa shape index (κ2) is 9.47. The largest absolute Gasteiger partial charge is 0.454 e. The van der Waals surface area contributed by atoms with Crippen LogP contribution in [0.1, 0.15) is 26.7 Å². The van der Waals surface area contributed by atoms with E-state index in [0.29, 0.717) is 24.7 Å². The van der Waals surface area contributed by atoms with Gasteiger partial charge in [-0.15, -0.1) is 0 Å². The van der Waals surface area contributed by atoms with Crippen LogP contribution < -0.4 is 0 Å². The molecule has 0 saturated carbocycles. The fourth-order valence-electron chi connectivity index (χ4n) is 3.28. The summed E-state index contributed by atoms with van der Waals surface area (Å²) < 4.78 is 16.2. The number of aliphatic hydroxyl groups is 1. The second-order valence-electron chi connectivity index (χ2n) is 6.94. The first-order chi connectivity index (χ1) is 13.7. The van der Waals surface area contributed by atoms with Crippen LogP contribution in [0.2, 0.25) is 0 Å². The molecule has 2 rings (SSSR count). The van der Waals surface area contributed by atoms with Crippen molar-refractivity contribution in [2.24, 2.45) is 5.92 Å². The van der Waals surface area contributed by atoms with Gasteiger partial charge in [-0.3, -0.25) is 9.59 Å². The lowest BCUT2D eigenvalue weighted by molar-refractivity contribution is -0.166. The Morgan fingerprint density at radius 2 is 2.03 bits per heavy atom. The second-order valence-corrected chi connectivity index (χ2v) is 6.94. The van der Waals surface area contributed by atoms with Crippen molar-refractivity contribution >= 4 is 24.2 Å². The fourth-order valence-corrected chi connectivity index (χ4v) is 3.28. The summed E-state index contributed by atoms with van der Waals surface area (Å²) in [5.74, 6) is -3.12. The van der Waals surface area contributed by atoms with Crippen LogP contribution in [-0.4, -0.2) is 54.2 Å². The van der Waals surface area contributed by atoms with Crippen LogP contribution in [0.3, 0.4) is 0 Å². The number of allylic oxidation sites excluding steroid dienone is 1. The van der Waals surface area contributed by atoms with Gasteiger partial charge in [0, 0.05) is 23.6 Å². The van der Waals surface area contributed by atoms with E-state index >= 15 is 0 Å². The molecular weight excluding hydrogens is 380 g/mol. The zero-order valence-electron chi connectivity index (χ0n) is 16.4. The zero-order valence-corrected chi connectivity index (χ0v) is 16.4. The van der Waals surface area contributed by atoms with Crippen LogP contribution >= 0.6 is 0 Å². The number of rotatable bonds is 5. The number of fused-ring (bicyclic) bond motifs is 1. The smallest absolute Gasteiger partial charge is 0.334 e. The topological polar surface area (TPSA) is 116 Å². The van der Waals surface area contributed by atoms with Crippen molar-refractivity contribution in [1.29, 1.82) is 0 Å². The van der Waals surface area contributed by atoms with Crippen LogP contribution in [-0.2, 0) is 33.4 Å². The molecule has 1 aliphatic heterocycles. The first-order valence-electron chi connectivity index (χ1n) is 9.08. The lowest BCUT2D eigenvalue weighted by Gasteiger charge is -2.33. The van der Waals surface area contributed by atoms with E-state index < -0.39 is 42.1 Å². The quantitative estimate of drug-likeness (QED) is 0.240. The van der Waals surface area contributed by atoms with E-state index in [1.54, 1.807) is 12.2 Å². The van der Waals surface area contributed by atoms with Crippen LogP contribution in [0.4, 0.5) is 0 Å². The van der Waals surface area contributed by atoms with E-state index in [0.717, 1.165) is 6.92 Å². The summed E-state index contributed by atoms with van der Waals surface area (Å²) in [4.78, 5) is 48.0. The van der Waals surface area contributed by atoms with Crippen LogP contribution in [0.5, 0.6) is 0 Å². The van der Waals surface area contributed by atoms with Crippen molar-refractivity contribution in [2.45, 2.75) is 45.0 Å². The summed E-state index contributed by atoms with van der Waals surface area (Å²) >= 11 is 0. The lowest BCUT2D eigenvalue weighted by atomic mass is 9.83. The molecule has 1 heterocycles. The Kier molecular flexibility index (Phi) is 7.28. The highest BCUT2D eigenvalue weighted by atomic mass is 16.6. The molecule has 1 N–H and O–H groups in total. The summed E-state index contributed by atoms with van der Waals surface area (Å²) in [5, 5.41) is 9.61. The molecule has 0 amide bonds. The van der Waals surface area contributed by atoms with E-state index in [1.165, 1.54) is 6.92 Å². The average molecular weight is 404 g/mol. The molecule has 8 heteroatoms. The maximum absolute atomic E-state index is 12.3. The van der Waals surface area contributed by atoms with Gasteiger partial charge in [-0.25, -0.2) is 9.59 Å². The van der Waals surface area contributed by atoms with Gasteiger partial charge in [0.15, 0.2) is 12.2 Å². The van der Waals surface area contributed by atoms with E-state index in [4.69, 9.17) is 14.2 Å². The Bertz CT molecular complexity index is 803. The van der Waals surface area contributed by atoms with Crippen molar-refractivity contribution in [2.75, 3.05) is 6.61 Å². The molecular formula is C21H24O8. The Labute approximate surface area is 168 Å². The molecule has 2 aliphatic rings. The highest BCUT2D eigenvalue weighted by Crippen LogP contribution is 2.37. The number of aliphatic hydroxyl groups excluding tert-OH is 1. The maximum atomic E-state index is 12.3. The molecule has 0 radical (unpaired) electrons. The van der Waals surface area contributed by atoms with Crippen LogP contribution in [0, 0.1) is 5.92 Å². The standard InChI is InChI=1S/C21H24O8/c1-11(2)20(25)29-19-17-12(3)21(26)28-16(17)8-14(9-22)6-5-7-15(10-23)18(19)27-13(4)24/h7-8,10,16-19,22H,1,3,5-6,9H2,2,4H3. The predicted octanol–water partition coefficient (Wildman–Crippen LogP) is 1.34. The van der Waals surface area contributed by atoms with Gasteiger partial charge in [0.2, 0.25) is 0 Å².